The number of amides is 2. The van der Waals surface area contributed by atoms with Gasteiger partial charge in [0.25, 0.3) is 5.91 Å². The van der Waals surface area contributed by atoms with Gasteiger partial charge >= 0.3 is 0 Å². The molecule has 1 saturated carbocycles. The summed E-state index contributed by atoms with van der Waals surface area (Å²) in [5.41, 5.74) is 1.16. The van der Waals surface area contributed by atoms with Gasteiger partial charge in [-0.25, -0.2) is 0 Å². The highest BCUT2D eigenvalue weighted by Crippen LogP contribution is 2.41. The van der Waals surface area contributed by atoms with Gasteiger partial charge in [-0.15, -0.1) is 0 Å². The van der Waals surface area contributed by atoms with Crippen LogP contribution in [0.1, 0.15) is 41.6 Å². The molecule has 5 heteroatoms. The third-order valence-corrected chi connectivity index (χ3v) is 5.27. The summed E-state index contributed by atoms with van der Waals surface area (Å²) in [6, 6.07) is 16.6. The predicted molar refractivity (Wildman–Crippen MR) is 103 cm³/mol. The van der Waals surface area contributed by atoms with Crippen LogP contribution in [0, 0.1) is 0 Å². The summed E-state index contributed by atoms with van der Waals surface area (Å²) in [7, 11) is 0. The van der Waals surface area contributed by atoms with Crippen molar-refractivity contribution in [2.24, 2.45) is 0 Å². The Morgan fingerprint density at radius 1 is 0.885 bits per heavy atom. The standard InChI is InChI=1S/C21H23ClN2O2/c22-18-10-8-17(9-11-18)21(12-4-5-13-21)20(26)24-15-14-23-19(25)16-6-2-1-3-7-16/h1-3,6-11H,4-5,12-15H2,(H,23,25)(H,24,26). The molecule has 0 atom stereocenters. The highest BCUT2D eigenvalue weighted by Gasteiger charge is 2.42. The second-order valence-corrected chi connectivity index (χ2v) is 7.11. The average molecular weight is 371 g/mol. The minimum atomic E-state index is -0.478. The van der Waals surface area contributed by atoms with E-state index in [-0.39, 0.29) is 11.8 Å². The van der Waals surface area contributed by atoms with Crippen LogP contribution in [-0.4, -0.2) is 24.9 Å². The molecule has 0 aliphatic heterocycles. The lowest BCUT2D eigenvalue weighted by Crippen LogP contribution is -2.45. The molecule has 2 amide bonds. The Morgan fingerprint density at radius 3 is 2.15 bits per heavy atom. The van der Waals surface area contributed by atoms with Crippen LogP contribution in [0.15, 0.2) is 54.6 Å². The molecule has 0 spiro atoms. The summed E-state index contributed by atoms with van der Waals surface area (Å²) >= 11 is 5.99. The van der Waals surface area contributed by atoms with Crippen molar-refractivity contribution in [1.29, 1.82) is 0 Å². The molecule has 0 unspecified atom stereocenters. The first-order valence-corrected chi connectivity index (χ1v) is 9.37. The van der Waals surface area contributed by atoms with Crippen molar-refractivity contribution in [3.8, 4) is 0 Å². The Hall–Kier alpha value is -2.33. The van der Waals surface area contributed by atoms with Crippen LogP contribution in [0.25, 0.3) is 0 Å². The molecule has 3 rings (SSSR count). The third-order valence-electron chi connectivity index (χ3n) is 5.02. The van der Waals surface area contributed by atoms with E-state index in [1.54, 1.807) is 12.1 Å². The van der Waals surface area contributed by atoms with Gasteiger partial charge in [-0.3, -0.25) is 9.59 Å². The second kappa shape index (κ2) is 8.37. The molecule has 0 aromatic heterocycles. The second-order valence-electron chi connectivity index (χ2n) is 6.67. The number of carbonyl (C=O) groups excluding carboxylic acids is 2. The van der Waals surface area contributed by atoms with Crippen LogP contribution in [0.2, 0.25) is 5.02 Å². The summed E-state index contributed by atoms with van der Waals surface area (Å²) in [6.07, 6.45) is 3.77. The highest BCUT2D eigenvalue weighted by atomic mass is 35.5. The van der Waals surface area contributed by atoms with E-state index in [1.165, 1.54) is 0 Å². The zero-order valence-corrected chi connectivity index (χ0v) is 15.4. The lowest BCUT2D eigenvalue weighted by atomic mass is 9.78. The molecule has 136 valence electrons. The van der Waals surface area contributed by atoms with Crippen LogP contribution in [0.4, 0.5) is 0 Å². The third kappa shape index (κ3) is 4.07. The molecule has 2 aromatic carbocycles. The maximum atomic E-state index is 12.9. The van der Waals surface area contributed by atoms with Crippen molar-refractivity contribution >= 4 is 23.4 Å². The summed E-state index contributed by atoms with van der Waals surface area (Å²) in [5.74, 6) is -0.0978. The maximum Gasteiger partial charge on any atom is 0.251 e. The molecule has 26 heavy (non-hydrogen) atoms. The number of nitrogens with one attached hydrogen (secondary N) is 2. The minimum Gasteiger partial charge on any atom is -0.354 e. The molecular weight excluding hydrogens is 348 g/mol. The van der Waals surface area contributed by atoms with Gasteiger partial charge in [-0.2, -0.15) is 0 Å². The van der Waals surface area contributed by atoms with E-state index in [1.807, 2.05) is 42.5 Å². The van der Waals surface area contributed by atoms with Crippen molar-refractivity contribution in [3.63, 3.8) is 0 Å². The van der Waals surface area contributed by atoms with E-state index < -0.39 is 5.41 Å². The van der Waals surface area contributed by atoms with Crippen molar-refractivity contribution in [1.82, 2.24) is 10.6 Å². The molecule has 0 heterocycles. The van der Waals surface area contributed by atoms with E-state index in [4.69, 9.17) is 11.6 Å². The monoisotopic (exact) mass is 370 g/mol. The van der Waals surface area contributed by atoms with Crippen LogP contribution >= 0.6 is 11.6 Å². The topological polar surface area (TPSA) is 58.2 Å². The smallest absolute Gasteiger partial charge is 0.251 e. The Kier molecular flexibility index (Phi) is 5.94. The first-order chi connectivity index (χ1) is 12.6. The van der Waals surface area contributed by atoms with E-state index in [0.717, 1.165) is 31.2 Å². The van der Waals surface area contributed by atoms with Gasteiger partial charge in [0.1, 0.15) is 0 Å². The fraction of sp³-hybridized carbons (Fsp3) is 0.333. The molecule has 0 saturated heterocycles. The van der Waals surface area contributed by atoms with E-state index in [2.05, 4.69) is 10.6 Å². The molecule has 0 bridgehead atoms. The first-order valence-electron chi connectivity index (χ1n) is 8.99. The Bertz CT molecular complexity index is 753. The lowest BCUT2D eigenvalue weighted by Gasteiger charge is -2.28. The number of halogens is 1. The molecule has 0 radical (unpaired) electrons. The van der Waals surface area contributed by atoms with Gasteiger partial charge in [0.15, 0.2) is 0 Å². The molecule has 2 N–H and O–H groups in total. The molecule has 2 aromatic rings. The van der Waals surface area contributed by atoms with Crippen molar-refractivity contribution in [2.45, 2.75) is 31.1 Å². The average Bonchev–Trinajstić information content (AvgIpc) is 3.17. The van der Waals surface area contributed by atoms with Crippen molar-refractivity contribution in [2.75, 3.05) is 13.1 Å². The summed E-state index contributed by atoms with van der Waals surface area (Å²) in [4.78, 5) is 24.9. The van der Waals surface area contributed by atoms with Gasteiger partial charge < -0.3 is 10.6 Å². The fourth-order valence-corrected chi connectivity index (χ4v) is 3.73. The molecule has 1 fully saturated rings. The zero-order chi connectivity index (χ0) is 18.4. The molecular formula is C21H23ClN2O2. The number of rotatable bonds is 6. The summed E-state index contributed by atoms with van der Waals surface area (Å²) in [5, 5.41) is 6.50. The quantitative estimate of drug-likeness (QED) is 0.762. The number of carbonyl (C=O) groups is 2. The molecule has 1 aliphatic rings. The van der Waals surface area contributed by atoms with Crippen LogP contribution in [-0.2, 0) is 10.2 Å². The SMILES string of the molecule is O=C(NCCNC(=O)C1(c2ccc(Cl)cc2)CCCC1)c1ccccc1. The van der Waals surface area contributed by atoms with Crippen LogP contribution in [0.3, 0.4) is 0 Å². The zero-order valence-electron chi connectivity index (χ0n) is 14.6. The van der Waals surface area contributed by atoms with Gasteiger partial charge in [0.05, 0.1) is 5.41 Å². The Balaban J connectivity index is 1.56. The highest BCUT2D eigenvalue weighted by molar-refractivity contribution is 6.30. The summed E-state index contributed by atoms with van der Waals surface area (Å²) < 4.78 is 0. The first kappa shape index (κ1) is 18.5. The van der Waals surface area contributed by atoms with E-state index in [0.29, 0.717) is 23.7 Å². The maximum absolute atomic E-state index is 12.9. The van der Waals surface area contributed by atoms with E-state index >= 15 is 0 Å². The number of hydrogen-bond acceptors (Lipinski definition) is 2. The Morgan fingerprint density at radius 2 is 1.50 bits per heavy atom. The van der Waals surface area contributed by atoms with Crippen molar-refractivity contribution < 1.29 is 9.59 Å². The fourth-order valence-electron chi connectivity index (χ4n) is 3.61. The number of benzene rings is 2. The van der Waals surface area contributed by atoms with E-state index in [9.17, 15) is 9.59 Å². The van der Waals surface area contributed by atoms with Gasteiger partial charge in [0.2, 0.25) is 5.91 Å². The molecule has 4 nitrogen and oxygen atoms in total. The summed E-state index contributed by atoms with van der Waals surface area (Å²) in [6.45, 7) is 0.808. The molecule has 1 aliphatic carbocycles. The number of hydrogen-bond donors (Lipinski definition) is 2. The predicted octanol–water partition coefficient (Wildman–Crippen LogP) is 3.70. The van der Waals surface area contributed by atoms with Crippen LogP contribution in [0.5, 0.6) is 0 Å². The normalized spacial score (nSPS) is 15.4. The minimum absolute atomic E-state index is 0.0336. The van der Waals surface area contributed by atoms with Gasteiger partial charge in [0, 0.05) is 23.7 Å². The lowest BCUT2D eigenvalue weighted by molar-refractivity contribution is -0.126. The van der Waals surface area contributed by atoms with Gasteiger partial charge in [-0.05, 0) is 42.7 Å². The largest absolute Gasteiger partial charge is 0.354 e. The van der Waals surface area contributed by atoms with Gasteiger partial charge in [-0.1, -0.05) is 54.8 Å². The Labute approximate surface area is 158 Å². The van der Waals surface area contributed by atoms with Crippen LogP contribution < -0.4 is 10.6 Å². The van der Waals surface area contributed by atoms with Crippen molar-refractivity contribution in [3.05, 3.63) is 70.7 Å².